The summed E-state index contributed by atoms with van der Waals surface area (Å²) in [5, 5.41) is 0. The highest BCUT2D eigenvalue weighted by Gasteiger charge is 2.20. The Labute approximate surface area is 104 Å². The van der Waals surface area contributed by atoms with Gasteiger partial charge in [-0.15, -0.1) is 0 Å². The van der Waals surface area contributed by atoms with Crippen molar-refractivity contribution in [3.05, 3.63) is 29.3 Å². The van der Waals surface area contributed by atoms with E-state index in [0.29, 0.717) is 13.1 Å². The van der Waals surface area contributed by atoms with Crippen LogP contribution >= 0.6 is 0 Å². The number of nitrogens with zero attached hydrogens (tertiary/aromatic N) is 1. The average molecular weight is 234 g/mol. The van der Waals surface area contributed by atoms with Crippen LogP contribution in [0.3, 0.4) is 0 Å². The Balaban J connectivity index is 3.10. The van der Waals surface area contributed by atoms with Gasteiger partial charge in [0.15, 0.2) is 0 Å². The van der Waals surface area contributed by atoms with E-state index in [1.165, 1.54) is 5.56 Å². The molecule has 0 heterocycles. The quantitative estimate of drug-likeness (QED) is 0.868. The molecule has 3 heteroatoms. The van der Waals surface area contributed by atoms with E-state index in [0.717, 1.165) is 11.3 Å². The highest BCUT2D eigenvalue weighted by atomic mass is 16.2. The second-order valence-electron chi connectivity index (χ2n) is 4.44. The van der Waals surface area contributed by atoms with Crippen LogP contribution in [0.2, 0.25) is 0 Å². The van der Waals surface area contributed by atoms with Gasteiger partial charge in [0.2, 0.25) is 5.91 Å². The van der Waals surface area contributed by atoms with Gasteiger partial charge in [0.1, 0.15) is 0 Å². The van der Waals surface area contributed by atoms with E-state index < -0.39 is 0 Å². The van der Waals surface area contributed by atoms with E-state index in [2.05, 4.69) is 13.0 Å². The molecule has 3 nitrogen and oxygen atoms in total. The van der Waals surface area contributed by atoms with Gasteiger partial charge in [0.05, 0.1) is 0 Å². The molecule has 1 aromatic rings. The molecule has 0 fully saturated rings. The topological polar surface area (TPSA) is 46.3 Å². The molecule has 0 saturated heterocycles. The predicted molar refractivity (Wildman–Crippen MR) is 72.2 cm³/mol. The van der Waals surface area contributed by atoms with Gasteiger partial charge in [-0.05, 0) is 38.0 Å². The second-order valence-corrected chi connectivity index (χ2v) is 4.44. The minimum absolute atomic E-state index is 0.101. The molecule has 1 atom stereocenters. The minimum Gasteiger partial charge on any atom is -0.330 e. The van der Waals surface area contributed by atoms with Crippen LogP contribution in [-0.4, -0.2) is 19.0 Å². The van der Waals surface area contributed by atoms with Gasteiger partial charge in [-0.3, -0.25) is 4.79 Å². The number of rotatable bonds is 4. The van der Waals surface area contributed by atoms with Crippen LogP contribution in [0.4, 0.5) is 5.69 Å². The standard InChI is InChI=1S/C14H22N2O/c1-5-16(14(17)11(3)9-15)13-8-6-7-10(2)12(13)4/h6-8,11H,5,9,15H2,1-4H3. The fraction of sp³-hybridized carbons (Fsp3) is 0.500. The average Bonchev–Trinajstić information content (AvgIpc) is 2.34. The number of amides is 1. The van der Waals surface area contributed by atoms with Crippen LogP contribution in [0, 0.1) is 19.8 Å². The van der Waals surface area contributed by atoms with E-state index in [1.54, 1.807) is 0 Å². The zero-order chi connectivity index (χ0) is 13.0. The summed E-state index contributed by atoms with van der Waals surface area (Å²) in [6.45, 7) is 9.03. The number of hydrogen-bond donors (Lipinski definition) is 1. The van der Waals surface area contributed by atoms with Crippen molar-refractivity contribution in [2.45, 2.75) is 27.7 Å². The van der Waals surface area contributed by atoms with Crippen molar-refractivity contribution < 1.29 is 4.79 Å². The molecular weight excluding hydrogens is 212 g/mol. The predicted octanol–water partition coefficient (Wildman–Crippen LogP) is 2.25. The molecule has 0 aliphatic rings. The van der Waals surface area contributed by atoms with Crippen LogP contribution in [0.5, 0.6) is 0 Å². The first kappa shape index (κ1) is 13.7. The van der Waals surface area contributed by atoms with E-state index >= 15 is 0 Å². The molecule has 0 saturated carbocycles. The van der Waals surface area contributed by atoms with Crippen molar-refractivity contribution in [3.8, 4) is 0 Å². The lowest BCUT2D eigenvalue weighted by atomic mass is 10.1. The lowest BCUT2D eigenvalue weighted by molar-refractivity contribution is -0.121. The van der Waals surface area contributed by atoms with Crippen molar-refractivity contribution in [1.29, 1.82) is 0 Å². The molecule has 1 amide bonds. The molecule has 0 spiro atoms. The first-order valence-corrected chi connectivity index (χ1v) is 6.10. The summed E-state index contributed by atoms with van der Waals surface area (Å²) in [4.78, 5) is 14.0. The molecule has 0 radical (unpaired) electrons. The zero-order valence-corrected chi connectivity index (χ0v) is 11.2. The van der Waals surface area contributed by atoms with E-state index in [1.807, 2.05) is 37.8 Å². The summed E-state index contributed by atoms with van der Waals surface area (Å²) in [7, 11) is 0. The number of nitrogens with two attached hydrogens (primary N) is 1. The van der Waals surface area contributed by atoms with Gasteiger partial charge in [0.25, 0.3) is 0 Å². The van der Waals surface area contributed by atoms with Gasteiger partial charge in [0, 0.05) is 24.7 Å². The SMILES string of the molecule is CCN(C(=O)C(C)CN)c1cccc(C)c1C. The number of carbonyl (C=O) groups is 1. The molecule has 0 aliphatic carbocycles. The third-order valence-corrected chi connectivity index (χ3v) is 3.22. The summed E-state index contributed by atoms with van der Waals surface area (Å²) in [6, 6.07) is 6.04. The van der Waals surface area contributed by atoms with Crippen molar-refractivity contribution >= 4 is 11.6 Å². The normalized spacial score (nSPS) is 12.3. The molecule has 0 aliphatic heterocycles. The van der Waals surface area contributed by atoms with Gasteiger partial charge in [-0.1, -0.05) is 19.1 Å². The number of benzene rings is 1. The summed E-state index contributed by atoms with van der Waals surface area (Å²) < 4.78 is 0. The monoisotopic (exact) mass is 234 g/mol. The van der Waals surface area contributed by atoms with Crippen molar-refractivity contribution in [1.82, 2.24) is 0 Å². The molecule has 0 bridgehead atoms. The van der Waals surface area contributed by atoms with Crippen LogP contribution in [-0.2, 0) is 4.79 Å². The van der Waals surface area contributed by atoms with Crippen molar-refractivity contribution in [2.75, 3.05) is 18.0 Å². The lowest BCUT2D eigenvalue weighted by Crippen LogP contribution is -2.38. The number of anilines is 1. The fourth-order valence-corrected chi connectivity index (χ4v) is 1.84. The summed E-state index contributed by atoms with van der Waals surface area (Å²) in [5.41, 5.74) is 8.92. The first-order valence-electron chi connectivity index (χ1n) is 6.10. The summed E-state index contributed by atoms with van der Waals surface area (Å²) in [5.74, 6) is -0.0291. The van der Waals surface area contributed by atoms with Crippen LogP contribution in [0.15, 0.2) is 18.2 Å². The fourth-order valence-electron chi connectivity index (χ4n) is 1.84. The smallest absolute Gasteiger partial charge is 0.231 e. The highest BCUT2D eigenvalue weighted by molar-refractivity contribution is 5.95. The molecule has 2 N–H and O–H groups in total. The van der Waals surface area contributed by atoms with Crippen LogP contribution in [0.1, 0.15) is 25.0 Å². The molecule has 1 rings (SSSR count). The van der Waals surface area contributed by atoms with Gasteiger partial charge < -0.3 is 10.6 Å². The molecule has 94 valence electrons. The van der Waals surface area contributed by atoms with E-state index in [9.17, 15) is 4.79 Å². The van der Waals surface area contributed by atoms with Crippen LogP contribution < -0.4 is 10.6 Å². The second kappa shape index (κ2) is 5.82. The molecular formula is C14H22N2O. The summed E-state index contributed by atoms with van der Waals surface area (Å²) >= 11 is 0. The third kappa shape index (κ3) is 2.86. The minimum atomic E-state index is -0.130. The first-order chi connectivity index (χ1) is 8.02. The third-order valence-electron chi connectivity index (χ3n) is 3.22. The number of carbonyl (C=O) groups excluding carboxylic acids is 1. The lowest BCUT2D eigenvalue weighted by Gasteiger charge is -2.26. The summed E-state index contributed by atoms with van der Waals surface area (Å²) in [6.07, 6.45) is 0. The van der Waals surface area contributed by atoms with E-state index in [-0.39, 0.29) is 11.8 Å². The highest BCUT2D eigenvalue weighted by Crippen LogP contribution is 2.23. The molecule has 1 unspecified atom stereocenters. The largest absolute Gasteiger partial charge is 0.330 e. The Morgan fingerprint density at radius 1 is 1.41 bits per heavy atom. The Morgan fingerprint density at radius 3 is 2.59 bits per heavy atom. The molecule has 17 heavy (non-hydrogen) atoms. The van der Waals surface area contributed by atoms with Crippen molar-refractivity contribution in [2.24, 2.45) is 11.7 Å². The van der Waals surface area contributed by atoms with Gasteiger partial charge in [-0.25, -0.2) is 0 Å². The molecule has 1 aromatic carbocycles. The Hall–Kier alpha value is -1.35. The van der Waals surface area contributed by atoms with E-state index in [4.69, 9.17) is 5.73 Å². The number of aryl methyl sites for hydroxylation is 1. The zero-order valence-electron chi connectivity index (χ0n) is 11.2. The maximum Gasteiger partial charge on any atom is 0.231 e. The molecule has 0 aromatic heterocycles. The Morgan fingerprint density at radius 2 is 2.06 bits per heavy atom. The van der Waals surface area contributed by atoms with Gasteiger partial charge >= 0.3 is 0 Å². The Bertz CT molecular complexity index is 401. The number of hydrogen-bond acceptors (Lipinski definition) is 2. The Kier molecular flexibility index (Phi) is 4.70. The van der Waals surface area contributed by atoms with Crippen LogP contribution in [0.25, 0.3) is 0 Å². The maximum absolute atomic E-state index is 12.2. The van der Waals surface area contributed by atoms with Crippen molar-refractivity contribution in [3.63, 3.8) is 0 Å². The maximum atomic E-state index is 12.2. The van der Waals surface area contributed by atoms with Gasteiger partial charge in [-0.2, -0.15) is 0 Å².